The molecule has 0 aromatic heterocycles. The second-order valence-corrected chi connectivity index (χ2v) is 5.57. The number of esters is 1. The van der Waals surface area contributed by atoms with Gasteiger partial charge in [-0.25, -0.2) is 0 Å². The van der Waals surface area contributed by atoms with Crippen LogP contribution in [0.3, 0.4) is 0 Å². The lowest BCUT2D eigenvalue weighted by Gasteiger charge is -2.06. The molecule has 0 fully saturated rings. The maximum absolute atomic E-state index is 12.5. The molecule has 2 aromatic rings. The highest BCUT2D eigenvalue weighted by atomic mass is 16.5. The van der Waals surface area contributed by atoms with Crippen molar-refractivity contribution < 1.29 is 28.5 Å². The molecule has 6 heteroatoms. The van der Waals surface area contributed by atoms with E-state index in [2.05, 4.69) is 0 Å². The van der Waals surface area contributed by atoms with Crippen LogP contribution in [0, 0.1) is 0 Å². The zero-order chi connectivity index (χ0) is 18.7. The van der Waals surface area contributed by atoms with Gasteiger partial charge in [0.05, 0.1) is 19.8 Å². The molecule has 26 heavy (non-hydrogen) atoms. The Hall–Kier alpha value is -3.28. The number of hydrogen-bond acceptors (Lipinski definition) is 6. The van der Waals surface area contributed by atoms with Crippen LogP contribution in [0.4, 0.5) is 0 Å². The van der Waals surface area contributed by atoms with Gasteiger partial charge >= 0.3 is 5.97 Å². The lowest BCUT2D eigenvalue weighted by molar-refractivity contribution is -0.134. The SMILES string of the molecule is CCC(=O)Oc1ccc2c(c1)O/C(=C\c1cc(OC)cc(OC)c1)C2=O. The quantitative estimate of drug-likeness (QED) is 0.464. The molecule has 0 bridgehead atoms. The van der Waals surface area contributed by atoms with E-state index in [1.807, 2.05) is 0 Å². The molecule has 0 aliphatic carbocycles. The molecule has 6 nitrogen and oxygen atoms in total. The number of allylic oxidation sites excluding steroid dienone is 1. The lowest BCUT2D eigenvalue weighted by Crippen LogP contribution is -2.05. The van der Waals surface area contributed by atoms with Crippen molar-refractivity contribution in [3.05, 3.63) is 53.3 Å². The second kappa shape index (κ2) is 7.31. The number of hydrogen-bond donors (Lipinski definition) is 0. The molecule has 0 saturated carbocycles. The van der Waals surface area contributed by atoms with Crippen molar-refractivity contribution in [1.82, 2.24) is 0 Å². The monoisotopic (exact) mass is 354 g/mol. The smallest absolute Gasteiger partial charge is 0.310 e. The van der Waals surface area contributed by atoms with E-state index >= 15 is 0 Å². The van der Waals surface area contributed by atoms with E-state index in [4.69, 9.17) is 18.9 Å². The maximum Gasteiger partial charge on any atom is 0.310 e. The number of carbonyl (C=O) groups excluding carboxylic acids is 2. The van der Waals surface area contributed by atoms with Crippen LogP contribution in [-0.2, 0) is 4.79 Å². The van der Waals surface area contributed by atoms with E-state index in [1.165, 1.54) is 6.07 Å². The van der Waals surface area contributed by atoms with Gasteiger partial charge in [0.2, 0.25) is 5.78 Å². The molecule has 0 unspecified atom stereocenters. The Kier molecular flexibility index (Phi) is 4.93. The zero-order valence-electron chi connectivity index (χ0n) is 14.7. The Labute approximate surface area is 150 Å². The highest BCUT2D eigenvalue weighted by Gasteiger charge is 2.28. The van der Waals surface area contributed by atoms with Gasteiger partial charge in [0.25, 0.3) is 0 Å². The largest absolute Gasteiger partial charge is 0.497 e. The summed E-state index contributed by atoms with van der Waals surface area (Å²) in [7, 11) is 3.11. The molecule has 1 aliphatic rings. The highest BCUT2D eigenvalue weighted by molar-refractivity contribution is 6.14. The molecule has 3 rings (SSSR count). The summed E-state index contributed by atoms with van der Waals surface area (Å²) in [5, 5.41) is 0. The zero-order valence-corrected chi connectivity index (χ0v) is 14.7. The van der Waals surface area contributed by atoms with Gasteiger partial charge in [0.15, 0.2) is 5.76 Å². The first-order valence-electron chi connectivity index (χ1n) is 8.06. The van der Waals surface area contributed by atoms with Crippen molar-refractivity contribution in [3.63, 3.8) is 0 Å². The molecular formula is C20H18O6. The number of Topliss-reactive ketones (excluding diaryl/α,β-unsaturated/α-hetero) is 1. The van der Waals surface area contributed by atoms with E-state index in [-0.39, 0.29) is 23.9 Å². The molecule has 0 atom stereocenters. The summed E-state index contributed by atoms with van der Waals surface area (Å²) >= 11 is 0. The van der Waals surface area contributed by atoms with Crippen LogP contribution in [0.25, 0.3) is 6.08 Å². The number of benzene rings is 2. The van der Waals surface area contributed by atoms with Crippen LogP contribution in [0.2, 0.25) is 0 Å². The first-order chi connectivity index (χ1) is 12.5. The van der Waals surface area contributed by atoms with Crippen LogP contribution in [0.15, 0.2) is 42.2 Å². The third-order valence-electron chi connectivity index (χ3n) is 3.83. The molecule has 1 heterocycles. The average molecular weight is 354 g/mol. The van der Waals surface area contributed by atoms with Crippen molar-refractivity contribution in [3.8, 4) is 23.0 Å². The molecule has 0 amide bonds. The Morgan fingerprint density at radius 3 is 2.35 bits per heavy atom. The molecule has 0 N–H and O–H groups in total. The van der Waals surface area contributed by atoms with Gasteiger partial charge in [0.1, 0.15) is 23.0 Å². The third-order valence-corrected chi connectivity index (χ3v) is 3.83. The Balaban J connectivity index is 1.90. The average Bonchev–Trinajstić information content (AvgIpc) is 2.96. The Bertz CT molecular complexity index is 875. The summed E-state index contributed by atoms with van der Waals surface area (Å²) in [5.41, 5.74) is 1.12. The van der Waals surface area contributed by atoms with Gasteiger partial charge < -0.3 is 18.9 Å². The minimum absolute atomic E-state index is 0.175. The molecule has 2 aromatic carbocycles. The van der Waals surface area contributed by atoms with Gasteiger partial charge in [-0.3, -0.25) is 9.59 Å². The lowest BCUT2D eigenvalue weighted by atomic mass is 10.1. The molecule has 1 aliphatic heterocycles. The normalized spacial score (nSPS) is 14.0. The summed E-state index contributed by atoms with van der Waals surface area (Å²) in [5.74, 6) is 1.49. The number of fused-ring (bicyclic) bond motifs is 1. The summed E-state index contributed by atoms with van der Waals surface area (Å²) in [6, 6.07) is 9.97. The van der Waals surface area contributed by atoms with Gasteiger partial charge in [-0.05, 0) is 35.9 Å². The fourth-order valence-electron chi connectivity index (χ4n) is 2.50. The minimum Gasteiger partial charge on any atom is -0.497 e. The first-order valence-corrected chi connectivity index (χ1v) is 8.06. The predicted molar refractivity (Wildman–Crippen MR) is 94.8 cm³/mol. The van der Waals surface area contributed by atoms with Gasteiger partial charge in [0, 0.05) is 18.6 Å². The van der Waals surface area contributed by atoms with Crippen molar-refractivity contribution in [2.45, 2.75) is 13.3 Å². The van der Waals surface area contributed by atoms with Crippen LogP contribution < -0.4 is 18.9 Å². The fourth-order valence-corrected chi connectivity index (χ4v) is 2.50. The Morgan fingerprint density at radius 1 is 1.04 bits per heavy atom. The summed E-state index contributed by atoms with van der Waals surface area (Å²) in [6.07, 6.45) is 1.88. The predicted octanol–water partition coefficient (Wildman–Crippen LogP) is 3.64. The van der Waals surface area contributed by atoms with E-state index in [0.717, 1.165) is 0 Å². The topological polar surface area (TPSA) is 71.1 Å². The van der Waals surface area contributed by atoms with E-state index < -0.39 is 0 Å². The van der Waals surface area contributed by atoms with Crippen LogP contribution in [0.5, 0.6) is 23.0 Å². The van der Waals surface area contributed by atoms with E-state index in [1.54, 1.807) is 57.6 Å². The van der Waals surface area contributed by atoms with Gasteiger partial charge in [-0.2, -0.15) is 0 Å². The highest BCUT2D eigenvalue weighted by Crippen LogP contribution is 2.35. The molecule has 134 valence electrons. The molecule has 0 radical (unpaired) electrons. The number of ketones is 1. The third kappa shape index (κ3) is 3.54. The number of ether oxygens (including phenoxy) is 4. The van der Waals surface area contributed by atoms with Crippen LogP contribution in [0.1, 0.15) is 29.3 Å². The van der Waals surface area contributed by atoms with E-state index in [9.17, 15) is 9.59 Å². The van der Waals surface area contributed by atoms with E-state index in [0.29, 0.717) is 34.1 Å². The van der Waals surface area contributed by atoms with Crippen LogP contribution >= 0.6 is 0 Å². The maximum atomic E-state index is 12.5. The second-order valence-electron chi connectivity index (χ2n) is 5.57. The van der Waals surface area contributed by atoms with Crippen molar-refractivity contribution >= 4 is 17.8 Å². The van der Waals surface area contributed by atoms with Crippen molar-refractivity contribution in [1.29, 1.82) is 0 Å². The summed E-state index contributed by atoms with van der Waals surface area (Å²) in [6.45, 7) is 1.71. The van der Waals surface area contributed by atoms with Crippen molar-refractivity contribution in [2.75, 3.05) is 14.2 Å². The number of rotatable bonds is 5. The van der Waals surface area contributed by atoms with Crippen molar-refractivity contribution in [2.24, 2.45) is 0 Å². The van der Waals surface area contributed by atoms with Gasteiger partial charge in [-0.15, -0.1) is 0 Å². The fraction of sp³-hybridized carbons (Fsp3) is 0.200. The summed E-state index contributed by atoms with van der Waals surface area (Å²) < 4.78 is 21.3. The number of methoxy groups -OCH3 is 2. The molecular weight excluding hydrogens is 336 g/mol. The minimum atomic E-state index is -0.353. The standard InChI is InChI=1S/C20H18O6/c1-4-19(21)25-13-5-6-16-17(11-13)26-18(20(16)22)9-12-7-14(23-2)10-15(8-12)24-3/h5-11H,4H2,1-3H3/b18-9-. The molecule has 0 saturated heterocycles. The molecule has 0 spiro atoms. The summed E-state index contributed by atoms with van der Waals surface area (Å²) in [4.78, 5) is 23.9. The first kappa shape index (κ1) is 17.5. The Morgan fingerprint density at radius 2 is 1.73 bits per heavy atom. The van der Waals surface area contributed by atoms with Gasteiger partial charge in [-0.1, -0.05) is 6.92 Å². The van der Waals surface area contributed by atoms with Crippen LogP contribution in [-0.4, -0.2) is 26.0 Å². The number of carbonyl (C=O) groups is 2.